The van der Waals surface area contributed by atoms with Crippen molar-refractivity contribution in [3.8, 4) is 0 Å². The number of hydrogen-bond donors (Lipinski definition) is 2. The molecular formula is C17H26N4O4. The smallest absolute Gasteiger partial charge is 0.338 e. The minimum atomic E-state index is -0.593. The van der Waals surface area contributed by atoms with E-state index < -0.39 is 10.9 Å². The highest BCUT2D eigenvalue weighted by Crippen LogP contribution is 2.29. The molecule has 8 nitrogen and oxygen atoms in total. The molecule has 0 heterocycles. The summed E-state index contributed by atoms with van der Waals surface area (Å²) in [5.41, 5.74) is 0.558. The summed E-state index contributed by atoms with van der Waals surface area (Å²) in [5.74, 6) is -0.593. The number of carbonyl (C=O) groups excluding carboxylic acids is 1. The van der Waals surface area contributed by atoms with Crippen LogP contribution in [-0.4, -0.2) is 50.7 Å². The van der Waals surface area contributed by atoms with Crippen LogP contribution in [-0.2, 0) is 4.74 Å². The van der Waals surface area contributed by atoms with Crippen LogP contribution in [0.15, 0.2) is 31.0 Å². The molecule has 0 aliphatic heterocycles. The highest BCUT2D eigenvalue weighted by molar-refractivity contribution is 5.91. The molecule has 1 rings (SSSR count). The van der Waals surface area contributed by atoms with Crippen molar-refractivity contribution < 1.29 is 14.5 Å². The third kappa shape index (κ3) is 6.42. The molecule has 0 radical (unpaired) electrons. The quantitative estimate of drug-likeness (QED) is 0.257. The molecule has 0 saturated heterocycles. The Morgan fingerprint density at radius 1 is 1.40 bits per heavy atom. The molecule has 25 heavy (non-hydrogen) atoms. The van der Waals surface area contributed by atoms with Crippen LogP contribution >= 0.6 is 0 Å². The van der Waals surface area contributed by atoms with E-state index in [9.17, 15) is 14.9 Å². The number of methoxy groups -OCH3 is 1. The molecule has 0 spiro atoms. The number of nitrogens with one attached hydrogen (secondary N) is 2. The van der Waals surface area contributed by atoms with Gasteiger partial charge in [-0.05, 0) is 31.3 Å². The van der Waals surface area contributed by atoms with Crippen molar-refractivity contribution in [2.24, 2.45) is 0 Å². The van der Waals surface area contributed by atoms with Gasteiger partial charge >= 0.3 is 5.97 Å². The van der Waals surface area contributed by atoms with Crippen LogP contribution in [0.4, 0.5) is 11.4 Å². The number of anilines is 1. The van der Waals surface area contributed by atoms with Crippen LogP contribution in [0.1, 0.15) is 23.7 Å². The van der Waals surface area contributed by atoms with E-state index in [0.29, 0.717) is 25.3 Å². The highest BCUT2D eigenvalue weighted by Gasteiger charge is 2.22. The third-order valence-corrected chi connectivity index (χ3v) is 3.64. The molecule has 0 saturated carbocycles. The van der Waals surface area contributed by atoms with Gasteiger partial charge in [0.05, 0.1) is 17.6 Å². The molecule has 138 valence electrons. The number of hydrogen-bond acceptors (Lipinski definition) is 7. The lowest BCUT2D eigenvalue weighted by Crippen LogP contribution is -2.34. The van der Waals surface area contributed by atoms with Crippen LogP contribution in [0.3, 0.4) is 0 Å². The van der Waals surface area contributed by atoms with Gasteiger partial charge in [-0.15, -0.1) is 0 Å². The first-order valence-corrected chi connectivity index (χ1v) is 8.21. The topological polar surface area (TPSA) is 96.7 Å². The molecule has 2 N–H and O–H groups in total. The lowest BCUT2D eigenvalue weighted by Gasteiger charge is -2.25. The molecule has 0 unspecified atom stereocenters. The number of rotatable bonds is 12. The standard InChI is InChI=1S/C17H26N4O4/c1-4-18-9-6-11-20(12-10-19-5-2)15-8-7-14(17(22)25-3)13-16(15)21(23)24/h4,7-8,13,18-19H,1,5-6,9-12H2,2-3H3. The SMILES string of the molecule is C=CNCCCN(CCNCC)c1ccc(C(=O)OC)cc1[N+](=O)[O-]. The fraction of sp³-hybridized carbons (Fsp3) is 0.471. The lowest BCUT2D eigenvalue weighted by atomic mass is 10.1. The largest absolute Gasteiger partial charge is 0.465 e. The first-order chi connectivity index (χ1) is 12.0. The van der Waals surface area contributed by atoms with Crippen molar-refractivity contribution in [1.29, 1.82) is 0 Å². The zero-order chi connectivity index (χ0) is 18.7. The molecule has 0 amide bonds. The number of carbonyl (C=O) groups is 1. The molecule has 1 aromatic rings. The number of benzene rings is 1. The summed E-state index contributed by atoms with van der Waals surface area (Å²) in [4.78, 5) is 24.6. The number of ether oxygens (including phenoxy) is 1. The van der Waals surface area contributed by atoms with E-state index >= 15 is 0 Å². The molecule has 0 aliphatic carbocycles. The van der Waals surface area contributed by atoms with Crippen molar-refractivity contribution in [3.63, 3.8) is 0 Å². The van der Waals surface area contributed by atoms with E-state index in [1.54, 1.807) is 18.3 Å². The predicted molar refractivity (Wildman–Crippen MR) is 98.0 cm³/mol. The fourth-order valence-electron chi connectivity index (χ4n) is 2.40. The second-order valence-electron chi connectivity index (χ2n) is 5.30. The summed E-state index contributed by atoms with van der Waals surface area (Å²) >= 11 is 0. The van der Waals surface area contributed by atoms with Crippen LogP contribution in [0.2, 0.25) is 0 Å². The van der Waals surface area contributed by atoms with Crippen molar-refractivity contribution in [2.75, 3.05) is 44.7 Å². The zero-order valence-electron chi connectivity index (χ0n) is 14.8. The van der Waals surface area contributed by atoms with Gasteiger partial charge in [-0.2, -0.15) is 0 Å². The van der Waals surface area contributed by atoms with Gasteiger partial charge < -0.3 is 20.3 Å². The summed E-state index contributed by atoms with van der Waals surface area (Å²) in [6, 6.07) is 4.43. The van der Waals surface area contributed by atoms with E-state index in [2.05, 4.69) is 21.9 Å². The molecule has 0 aromatic heterocycles. The fourth-order valence-corrected chi connectivity index (χ4v) is 2.40. The molecule has 0 aliphatic rings. The number of nitro groups is 1. The van der Waals surface area contributed by atoms with Crippen molar-refractivity contribution in [2.45, 2.75) is 13.3 Å². The first-order valence-electron chi connectivity index (χ1n) is 8.21. The third-order valence-electron chi connectivity index (χ3n) is 3.64. The number of likely N-dealkylation sites (N-methyl/N-ethyl adjacent to an activating group) is 1. The monoisotopic (exact) mass is 350 g/mol. The van der Waals surface area contributed by atoms with E-state index in [-0.39, 0.29) is 11.3 Å². The Morgan fingerprint density at radius 2 is 2.16 bits per heavy atom. The minimum Gasteiger partial charge on any atom is -0.465 e. The van der Waals surface area contributed by atoms with E-state index in [1.165, 1.54) is 13.2 Å². The van der Waals surface area contributed by atoms with Gasteiger partial charge in [0.2, 0.25) is 0 Å². The van der Waals surface area contributed by atoms with Crippen molar-refractivity contribution >= 4 is 17.3 Å². The Bertz CT molecular complexity index is 592. The lowest BCUT2D eigenvalue weighted by molar-refractivity contribution is -0.384. The zero-order valence-corrected chi connectivity index (χ0v) is 14.8. The highest BCUT2D eigenvalue weighted by atomic mass is 16.6. The van der Waals surface area contributed by atoms with E-state index in [0.717, 1.165) is 19.5 Å². The summed E-state index contributed by atoms with van der Waals surface area (Å²) < 4.78 is 4.64. The molecular weight excluding hydrogens is 324 g/mol. The van der Waals surface area contributed by atoms with Gasteiger partial charge in [-0.25, -0.2) is 4.79 Å². The molecule has 0 bridgehead atoms. The van der Waals surface area contributed by atoms with Gasteiger partial charge in [0.1, 0.15) is 5.69 Å². The Hall–Kier alpha value is -2.61. The Balaban J connectivity index is 3.05. The van der Waals surface area contributed by atoms with Gasteiger partial charge in [0, 0.05) is 32.2 Å². The average molecular weight is 350 g/mol. The normalized spacial score (nSPS) is 10.2. The molecule has 0 atom stereocenters. The summed E-state index contributed by atoms with van der Waals surface area (Å²) in [6.45, 7) is 9.14. The van der Waals surface area contributed by atoms with E-state index in [4.69, 9.17) is 0 Å². The maximum absolute atomic E-state index is 11.6. The predicted octanol–water partition coefficient (Wildman–Crippen LogP) is 1.92. The average Bonchev–Trinajstić information content (AvgIpc) is 2.62. The maximum Gasteiger partial charge on any atom is 0.338 e. The van der Waals surface area contributed by atoms with Crippen LogP contribution in [0, 0.1) is 10.1 Å². The Kier molecular flexibility index (Phi) is 9.02. The van der Waals surface area contributed by atoms with E-state index in [1.807, 2.05) is 11.8 Å². The summed E-state index contributed by atoms with van der Waals surface area (Å²) in [5, 5.41) is 17.7. The Labute approximate surface area is 148 Å². The minimum absolute atomic E-state index is 0.101. The summed E-state index contributed by atoms with van der Waals surface area (Å²) in [7, 11) is 1.25. The number of esters is 1. The molecule has 0 fully saturated rings. The van der Waals surface area contributed by atoms with Crippen LogP contribution in [0.25, 0.3) is 0 Å². The second kappa shape index (κ2) is 11.0. The van der Waals surface area contributed by atoms with Gasteiger partial charge in [-0.3, -0.25) is 10.1 Å². The first kappa shape index (κ1) is 20.4. The summed E-state index contributed by atoms with van der Waals surface area (Å²) in [6.07, 6.45) is 2.42. The number of nitrogens with zero attached hydrogens (tertiary/aromatic N) is 2. The van der Waals surface area contributed by atoms with Gasteiger partial charge in [-0.1, -0.05) is 13.5 Å². The molecule has 8 heteroatoms. The molecule has 1 aromatic carbocycles. The van der Waals surface area contributed by atoms with Crippen LogP contribution in [0.5, 0.6) is 0 Å². The second-order valence-corrected chi connectivity index (χ2v) is 5.30. The van der Waals surface area contributed by atoms with Crippen molar-refractivity contribution in [3.05, 3.63) is 46.7 Å². The van der Waals surface area contributed by atoms with Gasteiger partial charge in [0.25, 0.3) is 5.69 Å². The van der Waals surface area contributed by atoms with Crippen molar-refractivity contribution in [1.82, 2.24) is 10.6 Å². The number of nitro benzene ring substituents is 1. The van der Waals surface area contributed by atoms with Crippen LogP contribution < -0.4 is 15.5 Å². The maximum atomic E-state index is 11.6. The van der Waals surface area contributed by atoms with Gasteiger partial charge in [0.15, 0.2) is 0 Å². The Morgan fingerprint density at radius 3 is 2.76 bits per heavy atom.